The summed E-state index contributed by atoms with van der Waals surface area (Å²) in [5.74, 6) is -0.0669. The van der Waals surface area contributed by atoms with E-state index in [2.05, 4.69) is 25.4 Å². The predicted molar refractivity (Wildman–Crippen MR) is 131 cm³/mol. The summed E-state index contributed by atoms with van der Waals surface area (Å²) in [6.07, 6.45) is 6.09. The number of aliphatic hydroxyl groups is 1. The number of pyridine rings is 1. The van der Waals surface area contributed by atoms with Crippen LogP contribution in [0.1, 0.15) is 43.8 Å². The molecule has 2 aromatic heterocycles. The van der Waals surface area contributed by atoms with E-state index in [0.29, 0.717) is 33.2 Å². The Morgan fingerprint density at radius 2 is 1.79 bits per heavy atom. The Morgan fingerprint density at radius 3 is 2.47 bits per heavy atom. The first-order valence-corrected chi connectivity index (χ1v) is 10.9. The van der Waals surface area contributed by atoms with Crippen molar-refractivity contribution in [1.29, 1.82) is 0 Å². The van der Waals surface area contributed by atoms with E-state index in [4.69, 9.17) is 16.8 Å². The Labute approximate surface area is 201 Å². The van der Waals surface area contributed by atoms with Gasteiger partial charge in [-0.3, -0.25) is 4.98 Å². The predicted octanol–water partition coefficient (Wildman–Crippen LogP) is 5.69. The molecule has 3 N–H and O–H groups in total. The largest absolute Gasteiger partial charge is 0.411 e. The van der Waals surface area contributed by atoms with Gasteiger partial charge in [-0.1, -0.05) is 28.9 Å². The Bertz CT molecular complexity index is 1370. The molecule has 1 atom stereocenters. The summed E-state index contributed by atoms with van der Waals surface area (Å²) in [6, 6.07) is 9.68. The molecular weight excluding hydrogens is 457 g/mol. The van der Waals surface area contributed by atoms with E-state index >= 15 is 0 Å². The summed E-state index contributed by atoms with van der Waals surface area (Å²) < 4.78 is 14.6. The van der Waals surface area contributed by atoms with Crippen LogP contribution in [0.25, 0.3) is 22.0 Å². The summed E-state index contributed by atoms with van der Waals surface area (Å²) in [5.41, 5.74) is 2.73. The zero-order chi connectivity index (χ0) is 24.5. The van der Waals surface area contributed by atoms with Crippen molar-refractivity contribution in [2.24, 2.45) is 5.16 Å². The number of rotatable bonds is 6. The maximum absolute atomic E-state index is 14.6. The Morgan fingerprint density at radius 1 is 1.06 bits per heavy atom. The second-order valence-electron chi connectivity index (χ2n) is 8.46. The zero-order valence-electron chi connectivity index (χ0n) is 18.8. The van der Waals surface area contributed by atoms with Crippen LogP contribution in [0.15, 0.2) is 60.1 Å². The van der Waals surface area contributed by atoms with Crippen molar-refractivity contribution in [3.63, 3.8) is 0 Å². The summed E-state index contributed by atoms with van der Waals surface area (Å²) in [7, 11) is 0. The number of nitrogens with zero attached hydrogens (tertiary/aromatic N) is 4. The highest BCUT2D eigenvalue weighted by Gasteiger charge is 2.20. The van der Waals surface area contributed by atoms with Crippen molar-refractivity contribution in [1.82, 2.24) is 15.0 Å². The molecule has 0 aliphatic heterocycles. The van der Waals surface area contributed by atoms with Crippen molar-refractivity contribution in [2.75, 3.05) is 5.32 Å². The van der Waals surface area contributed by atoms with Crippen LogP contribution >= 0.6 is 11.6 Å². The quantitative estimate of drug-likeness (QED) is 0.186. The summed E-state index contributed by atoms with van der Waals surface area (Å²) >= 11 is 6.50. The van der Waals surface area contributed by atoms with Gasteiger partial charge in [-0.2, -0.15) is 0 Å². The fraction of sp³-hybridized carbons (Fsp3) is 0.200. The Balaban J connectivity index is 1.73. The molecule has 0 unspecified atom stereocenters. The number of hydrogen-bond acceptors (Lipinski definition) is 7. The number of halogens is 2. The highest BCUT2D eigenvalue weighted by atomic mass is 35.5. The van der Waals surface area contributed by atoms with Gasteiger partial charge in [0, 0.05) is 35.1 Å². The van der Waals surface area contributed by atoms with Crippen molar-refractivity contribution in [3.8, 4) is 11.1 Å². The molecular formula is C25H23ClFN5O2. The van der Waals surface area contributed by atoms with Crippen molar-refractivity contribution >= 4 is 34.4 Å². The van der Waals surface area contributed by atoms with E-state index in [-0.39, 0.29) is 0 Å². The van der Waals surface area contributed by atoms with Crippen LogP contribution in [0.3, 0.4) is 0 Å². The molecule has 0 saturated carbocycles. The van der Waals surface area contributed by atoms with Crippen molar-refractivity contribution in [3.05, 3.63) is 82.8 Å². The lowest BCUT2D eigenvalue weighted by molar-refractivity contribution is 0.0687. The van der Waals surface area contributed by atoms with E-state index in [1.54, 1.807) is 38.5 Å². The second kappa shape index (κ2) is 9.32. The average molecular weight is 480 g/mol. The van der Waals surface area contributed by atoms with E-state index in [0.717, 1.165) is 16.5 Å². The van der Waals surface area contributed by atoms with Gasteiger partial charge in [-0.25, -0.2) is 14.4 Å². The number of fused-ring (bicyclic) bond motifs is 1. The molecule has 0 bridgehead atoms. The number of anilines is 1. The topological polar surface area (TPSA) is 104 Å². The Kier molecular flexibility index (Phi) is 6.45. The van der Waals surface area contributed by atoms with Gasteiger partial charge in [0.15, 0.2) is 5.82 Å². The fourth-order valence-electron chi connectivity index (χ4n) is 3.62. The van der Waals surface area contributed by atoms with E-state index in [1.807, 2.05) is 25.1 Å². The molecule has 4 rings (SSSR count). The fourth-order valence-corrected chi connectivity index (χ4v) is 3.83. The Hall–Kier alpha value is -3.62. The normalized spacial score (nSPS) is 12.9. The first kappa shape index (κ1) is 23.5. The van der Waals surface area contributed by atoms with Crippen LogP contribution in [0, 0.1) is 5.82 Å². The molecule has 34 heavy (non-hydrogen) atoms. The SMILES string of the molecule is C[C@@H](Nc1c(Cl)cnc2ccc(-c3cnc(C(C)(C)O)nc3)cc12)c1cc(/C=N/O)ccc1F. The number of hydrogen-bond donors (Lipinski definition) is 3. The summed E-state index contributed by atoms with van der Waals surface area (Å²) in [6.45, 7) is 5.06. The van der Waals surface area contributed by atoms with E-state index in [1.165, 1.54) is 18.3 Å². The minimum absolute atomic E-state index is 0.327. The van der Waals surface area contributed by atoms with Crippen LogP contribution in [0.5, 0.6) is 0 Å². The van der Waals surface area contributed by atoms with Crippen LogP contribution in [-0.2, 0) is 5.60 Å². The molecule has 9 heteroatoms. The van der Waals surface area contributed by atoms with Gasteiger partial charge in [0.05, 0.1) is 28.5 Å². The van der Waals surface area contributed by atoms with Crippen LogP contribution in [0.2, 0.25) is 5.02 Å². The molecule has 4 aromatic rings. The highest BCUT2D eigenvalue weighted by Crippen LogP contribution is 2.35. The molecule has 0 aliphatic rings. The van der Waals surface area contributed by atoms with Crippen LogP contribution in [-0.4, -0.2) is 31.5 Å². The standard InChI is InChI=1S/C25H23ClFN5O2/c1-14(18-8-15(10-31-34)4-6-21(18)27)32-23-19-9-16(5-7-22(19)28-13-20(23)26)17-11-29-24(30-12-17)25(2,3)33/h4-14,33-34H,1-3H3,(H,28,32)/b31-10+/t14-/m1/s1. The smallest absolute Gasteiger partial charge is 0.159 e. The summed E-state index contributed by atoms with van der Waals surface area (Å²) in [5, 5.41) is 26.3. The van der Waals surface area contributed by atoms with Gasteiger partial charge in [-0.15, -0.1) is 0 Å². The first-order chi connectivity index (χ1) is 16.2. The van der Waals surface area contributed by atoms with Crippen LogP contribution < -0.4 is 5.32 Å². The lowest BCUT2D eigenvalue weighted by atomic mass is 10.0. The minimum Gasteiger partial charge on any atom is -0.411 e. The number of oxime groups is 1. The maximum atomic E-state index is 14.6. The molecule has 2 aromatic carbocycles. The molecule has 2 heterocycles. The number of nitrogens with one attached hydrogen (secondary N) is 1. The third kappa shape index (κ3) is 4.83. The second-order valence-corrected chi connectivity index (χ2v) is 8.87. The van der Waals surface area contributed by atoms with E-state index in [9.17, 15) is 9.50 Å². The molecule has 0 amide bonds. The minimum atomic E-state index is -1.14. The third-order valence-electron chi connectivity index (χ3n) is 5.41. The monoisotopic (exact) mass is 479 g/mol. The lowest BCUT2D eigenvalue weighted by Gasteiger charge is -2.20. The number of benzene rings is 2. The van der Waals surface area contributed by atoms with Gasteiger partial charge in [0.25, 0.3) is 0 Å². The lowest BCUT2D eigenvalue weighted by Crippen LogP contribution is -2.19. The van der Waals surface area contributed by atoms with Gasteiger partial charge in [0.2, 0.25) is 0 Å². The molecule has 0 fully saturated rings. The summed E-state index contributed by atoms with van der Waals surface area (Å²) in [4.78, 5) is 13.0. The molecule has 7 nitrogen and oxygen atoms in total. The van der Waals surface area contributed by atoms with Gasteiger partial charge in [-0.05, 0) is 56.2 Å². The van der Waals surface area contributed by atoms with Gasteiger partial charge >= 0.3 is 0 Å². The zero-order valence-corrected chi connectivity index (χ0v) is 19.5. The molecule has 0 aliphatic carbocycles. The van der Waals surface area contributed by atoms with Gasteiger partial charge < -0.3 is 15.6 Å². The van der Waals surface area contributed by atoms with Crippen molar-refractivity contribution < 1.29 is 14.7 Å². The van der Waals surface area contributed by atoms with Crippen molar-refractivity contribution in [2.45, 2.75) is 32.4 Å². The molecule has 0 saturated heterocycles. The van der Waals surface area contributed by atoms with Crippen LogP contribution in [0.4, 0.5) is 10.1 Å². The van der Waals surface area contributed by atoms with E-state index < -0.39 is 17.5 Å². The third-order valence-corrected chi connectivity index (χ3v) is 5.69. The molecule has 174 valence electrons. The molecule has 0 spiro atoms. The average Bonchev–Trinajstić information content (AvgIpc) is 2.81. The molecule has 0 radical (unpaired) electrons. The first-order valence-electron chi connectivity index (χ1n) is 10.5. The highest BCUT2D eigenvalue weighted by molar-refractivity contribution is 6.34. The number of aromatic nitrogens is 3. The maximum Gasteiger partial charge on any atom is 0.159 e. The van der Waals surface area contributed by atoms with Gasteiger partial charge in [0.1, 0.15) is 11.4 Å².